The fourth-order valence-corrected chi connectivity index (χ4v) is 1.72. The van der Waals surface area contributed by atoms with E-state index >= 15 is 0 Å². The smallest absolute Gasteiger partial charge is 0.122 e. The number of allylic oxidation sites excluding steroid dienone is 1. The Balaban J connectivity index is 0.00000137. The molecule has 18 heavy (non-hydrogen) atoms. The van der Waals surface area contributed by atoms with E-state index in [0.717, 1.165) is 5.75 Å². The van der Waals surface area contributed by atoms with Gasteiger partial charge in [-0.1, -0.05) is 52.3 Å². The first-order valence-corrected chi connectivity index (χ1v) is 6.92. The molecule has 0 saturated carbocycles. The molecular weight excluding hydrogens is 220 g/mol. The van der Waals surface area contributed by atoms with E-state index < -0.39 is 0 Å². The van der Waals surface area contributed by atoms with Crippen LogP contribution in [0.3, 0.4) is 0 Å². The summed E-state index contributed by atoms with van der Waals surface area (Å²) in [5, 5.41) is 0. The number of aryl methyl sites for hydroxylation is 1. The molecule has 1 heteroatoms. The SMILES string of the molecule is CC.CCC(C)/C=C\c1c(C)ccc(OC)c1C. The van der Waals surface area contributed by atoms with E-state index in [1.54, 1.807) is 7.11 Å². The molecule has 0 bridgehead atoms. The van der Waals surface area contributed by atoms with Crippen molar-refractivity contribution in [1.82, 2.24) is 0 Å². The molecule has 0 N–H and O–H groups in total. The van der Waals surface area contributed by atoms with Crippen LogP contribution in [-0.4, -0.2) is 7.11 Å². The quantitative estimate of drug-likeness (QED) is 0.693. The van der Waals surface area contributed by atoms with Crippen LogP contribution in [-0.2, 0) is 0 Å². The molecule has 1 unspecified atom stereocenters. The molecule has 0 aliphatic carbocycles. The van der Waals surface area contributed by atoms with Crippen molar-refractivity contribution in [3.05, 3.63) is 34.9 Å². The lowest BCUT2D eigenvalue weighted by molar-refractivity contribution is 0.411. The maximum atomic E-state index is 5.34. The van der Waals surface area contributed by atoms with Crippen LogP contribution in [0.25, 0.3) is 6.08 Å². The monoisotopic (exact) mass is 248 g/mol. The maximum Gasteiger partial charge on any atom is 0.122 e. The Morgan fingerprint density at radius 2 is 1.83 bits per heavy atom. The van der Waals surface area contributed by atoms with E-state index in [-0.39, 0.29) is 0 Å². The minimum Gasteiger partial charge on any atom is -0.496 e. The molecule has 0 fully saturated rings. The van der Waals surface area contributed by atoms with Gasteiger partial charge in [-0.15, -0.1) is 0 Å². The fraction of sp³-hybridized carbons (Fsp3) is 0.529. The molecule has 0 saturated heterocycles. The van der Waals surface area contributed by atoms with Crippen LogP contribution < -0.4 is 4.74 Å². The summed E-state index contributed by atoms with van der Waals surface area (Å²) >= 11 is 0. The van der Waals surface area contributed by atoms with Crippen molar-refractivity contribution in [2.45, 2.75) is 48.0 Å². The van der Waals surface area contributed by atoms with Crippen LogP contribution in [0.2, 0.25) is 0 Å². The lowest BCUT2D eigenvalue weighted by Gasteiger charge is -2.11. The summed E-state index contributed by atoms with van der Waals surface area (Å²) in [6, 6.07) is 4.15. The normalized spacial score (nSPS) is 11.9. The topological polar surface area (TPSA) is 9.23 Å². The number of hydrogen-bond donors (Lipinski definition) is 0. The lowest BCUT2D eigenvalue weighted by Crippen LogP contribution is -1.93. The van der Waals surface area contributed by atoms with E-state index in [9.17, 15) is 0 Å². The van der Waals surface area contributed by atoms with Crippen molar-refractivity contribution in [2.75, 3.05) is 7.11 Å². The van der Waals surface area contributed by atoms with E-state index in [2.05, 4.69) is 45.9 Å². The van der Waals surface area contributed by atoms with Gasteiger partial charge in [0.2, 0.25) is 0 Å². The van der Waals surface area contributed by atoms with Crippen molar-refractivity contribution in [3.63, 3.8) is 0 Å². The Labute approximate surface area is 113 Å². The van der Waals surface area contributed by atoms with Gasteiger partial charge < -0.3 is 4.74 Å². The van der Waals surface area contributed by atoms with Crippen LogP contribution in [0.15, 0.2) is 18.2 Å². The zero-order valence-electron chi connectivity index (χ0n) is 13.0. The zero-order chi connectivity index (χ0) is 14.1. The first-order valence-electron chi connectivity index (χ1n) is 6.92. The summed E-state index contributed by atoms with van der Waals surface area (Å²) in [5.74, 6) is 1.60. The van der Waals surface area contributed by atoms with Crippen LogP contribution >= 0.6 is 0 Å². The van der Waals surface area contributed by atoms with Gasteiger partial charge >= 0.3 is 0 Å². The number of hydrogen-bond acceptors (Lipinski definition) is 1. The first-order chi connectivity index (χ1) is 8.60. The average Bonchev–Trinajstić information content (AvgIpc) is 2.40. The summed E-state index contributed by atoms with van der Waals surface area (Å²) in [5.41, 5.74) is 3.82. The standard InChI is InChI=1S/C15H22O.C2H6/c1-6-11(2)7-9-14-12(3)8-10-15(16-5)13(14)4;1-2/h7-11H,6H2,1-5H3;1-2H3/b9-7-;. The summed E-state index contributed by atoms with van der Waals surface area (Å²) < 4.78 is 5.34. The van der Waals surface area contributed by atoms with Gasteiger partial charge in [-0.25, -0.2) is 0 Å². The van der Waals surface area contributed by atoms with Gasteiger partial charge in [0, 0.05) is 0 Å². The second-order valence-electron chi connectivity index (χ2n) is 4.37. The summed E-state index contributed by atoms with van der Waals surface area (Å²) in [6.07, 6.45) is 5.68. The highest BCUT2D eigenvalue weighted by molar-refractivity contribution is 5.61. The molecule has 0 heterocycles. The third-order valence-corrected chi connectivity index (χ3v) is 3.14. The molecule has 0 aliphatic heterocycles. The predicted molar refractivity (Wildman–Crippen MR) is 82.3 cm³/mol. The van der Waals surface area contributed by atoms with Gasteiger partial charge in [-0.05, 0) is 42.5 Å². The number of ether oxygens (including phenoxy) is 1. The fourth-order valence-electron chi connectivity index (χ4n) is 1.72. The summed E-state index contributed by atoms with van der Waals surface area (Å²) in [4.78, 5) is 0. The molecule has 1 aromatic carbocycles. The highest BCUT2D eigenvalue weighted by atomic mass is 16.5. The van der Waals surface area contributed by atoms with Gasteiger partial charge in [0.25, 0.3) is 0 Å². The van der Waals surface area contributed by atoms with Gasteiger partial charge in [0.05, 0.1) is 7.11 Å². The van der Waals surface area contributed by atoms with Gasteiger partial charge in [-0.3, -0.25) is 0 Å². The van der Waals surface area contributed by atoms with Gasteiger partial charge in [0.15, 0.2) is 0 Å². The van der Waals surface area contributed by atoms with Crippen LogP contribution in [0.1, 0.15) is 50.8 Å². The van der Waals surface area contributed by atoms with Crippen molar-refractivity contribution in [2.24, 2.45) is 5.92 Å². The number of methoxy groups -OCH3 is 1. The van der Waals surface area contributed by atoms with Crippen molar-refractivity contribution < 1.29 is 4.74 Å². The molecular formula is C17H28O. The molecule has 0 spiro atoms. The Morgan fingerprint density at radius 1 is 1.22 bits per heavy atom. The van der Waals surface area contributed by atoms with E-state index in [1.807, 2.05) is 19.9 Å². The molecule has 1 rings (SSSR count). The molecule has 0 aliphatic rings. The Morgan fingerprint density at radius 3 is 2.33 bits per heavy atom. The van der Waals surface area contributed by atoms with Crippen LogP contribution in [0.4, 0.5) is 0 Å². The molecule has 0 aromatic heterocycles. The largest absolute Gasteiger partial charge is 0.496 e. The van der Waals surface area contributed by atoms with Crippen molar-refractivity contribution >= 4 is 6.08 Å². The second-order valence-corrected chi connectivity index (χ2v) is 4.37. The molecule has 0 radical (unpaired) electrons. The van der Waals surface area contributed by atoms with Crippen molar-refractivity contribution in [1.29, 1.82) is 0 Å². The van der Waals surface area contributed by atoms with E-state index in [0.29, 0.717) is 5.92 Å². The van der Waals surface area contributed by atoms with Crippen LogP contribution in [0.5, 0.6) is 5.75 Å². The minimum absolute atomic E-state index is 0.630. The summed E-state index contributed by atoms with van der Waals surface area (Å²) in [7, 11) is 1.72. The average molecular weight is 248 g/mol. The van der Waals surface area contributed by atoms with Crippen molar-refractivity contribution in [3.8, 4) is 5.75 Å². The third-order valence-electron chi connectivity index (χ3n) is 3.14. The number of rotatable bonds is 4. The van der Waals surface area contributed by atoms with Gasteiger partial charge in [-0.2, -0.15) is 0 Å². The highest BCUT2D eigenvalue weighted by Crippen LogP contribution is 2.25. The summed E-state index contributed by atoms with van der Waals surface area (Å²) in [6.45, 7) is 12.7. The third kappa shape index (κ3) is 4.56. The lowest BCUT2D eigenvalue weighted by atomic mass is 9.99. The molecule has 1 atom stereocenters. The maximum absolute atomic E-state index is 5.34. The highest BCUT2D eigenvalue weighted by Gasteiger charge is 2.05. The zero-order valence-corrected chi connectivity index (χ0v) is 13.0. The molecule has 1 aromatic rings. The van der Waals surface area contributed by atoms with Gasteiger partial charge in [0.1, 0.15) is 5.75 Å². The van der Waals surface area contributed by atoms with Crippen LogP contribution in [0, 0.1) is 19.8 Å². The molecule has 1 nitrogen and oxygen atoms in total. The van der Waals surface area contributed by atoms with E-state index in [4.69, 9.17) is 4.74 Å². The van der Waals surface area contributed by atoms with E-state index in [1.165, 1.54) is 23.1 Å². The Kier molecular flexibility index (Phi) is 8.19. The minimum atomic E-state index is 0.630. The predicted octanol–water partition coefficient (Wildman–Crippen LogP) is 5.40. The first kappa shape index (κ1) is 16.8. The molecule has 102 valence electrons. The number of benzene rings is 1. The Bertz CT molecular complexity index is 377. The second kappa shape index (κ2) is 8.79. The Hall–Kier alpha value is -1.24. The molecule has 0 amide bonds.